The average Bonchev–Trinajstić information content (AvgIpc) is 2.43. The maximum atomic E-state index is 6.29. The SMILES string of the molecule is CCC(N)Cc1c(Cl)cccc1OC1CCOCC1. The molecule has 1 saturated heterocycles. The van der Waals surface area contributed by atoms with Crippen LogP contribution in [0.2, 0.25) is 5.02 Å². The maximum absolute atomic E-state index is 6.29. The Morgan fingerprint density at radius 3 is 2.84 bits per heavy atom. The van der Waals surface area contributed by atoms with E-state index in [1.54, 1.807) is 0 Å². The minimum Gasteiger partial charge on any atom is -0.490 e. The Morgan fingerprint density at radius 1 is 1.42 bits per heavy atom. The lowest BCUT2D eigenvalue weighted by Crippen LogP contribution is -2.27. The summed E-state index contributed by atoms with van der Waals surface area (Å²) in [6, 6.07) is 5.93. The third kappa shape index (κ3) is 4.10. The van der Waals surface area contributed by atoms with Crippen LogP contribution in [0.1, 0.15) is 31.7 Å². The van der Waals surface area contributed by atoms with Crippen molar-refractivity contribution in [3.05, 3.63) is 28.8 Å². The molecule has 0 aromatic heterocycles. The molecule has 0 radical (unpaired) electrons. The Kier molecular flexibility index (Phi) is 5.49. The molecule has 1 aliphatic heterocycles. The van der Waals surface area contributed by atoms with Gasteiger partial charge >= 0.3 is 0 Å². The second kappa shape index (κ2) is 7.13. The summed E-state index contributed by atoms with van der Waals surface area (Å²) in [5.74, 6) is 0.878. The predicted octanol–water partition coefficient (Wildman–Crippen LogP) is 3.18. The normalized spacial score (nSPS) is 18.3. The van der Waals surface area contributed by atoms with Crippen LogP contribution >= 0.6 is 11.6 Å². The molecule has 3 nitrogen and oxygen atoms in total. The fourth-order valence-corrected chi connectivity index (χ4v) is 2.47. The number of ether oxygens (including phenoxy) is 2. The van der Waals surface area contributed by atoms with E-state index in [1.165, 1.54) is 0 Å². The van der Waals surface area contributed by atoms with E-state index in [4.69, 9.17) is 26.8 Å². The fraction of sp³-hybridized carbons (Fsp3) is 0.600. The van der Waals surface area contributed by atoms with Gasteiger partial charge in [-0.2, -0.15) is 0 Å². The highest BCUT2D eigenvalue weighted by Crippen LogP contribution is 2.30. The van der Waals surface area contributed by atoms with Gasteiger partial charge in [0.1, 0.15) is 11.9 Å². The fourth-order valence-electron chi connectivity index (χ4n) is 2.23. The van der Waals surface area contributed by atoms with Crippen molar-refractivity contribution in [2.45, 2.75) is 44.8 Å². The lowest BCUT2D eigenvalue weighted by molar-refractivity contribution is 0.0251. The van der Waals surface area contributed by atoms with Gasteiger partial charge in [-0.25, -0.2) is 0 Å². The average molecular weight is 284 g/mol. The molecule has 0 spiro atoms. The number of rotatable bonds is 5. The summed E-state index contributed by atoms with van der Waals surface area (Å²) in [6.07, 6.45) is 3.79. The van der Waals surface area contributed by atoms with Gasteiger partial charge in [-0.1, -0.05) is 24.6 Å². The number of benzene rings is 1. The Balaban J connectivity index is 2.11. The quantitative estimate of drug-likeness (QED) is 0.903. The molecule has 1 atom stereocenters. The summed E-state index contributed by atoms with van der Waals surface area (Å²) in [6.45, 7) is 3.63. The van der Waals surface area contributed by atoms with Crippen LogP contribution in [0.3, 0.4) is 0 Å². The van der Waals surface area contributed by atoms with Crippen LogP contribution in [-0.4, -0.2) is 25.4 Å². The van der Waals surface area contributed by atoms with E-state index in [0.717, 1.165) is 55.2 Å². The van der Waals surface area contributed by atoms with Gasteiger partial charge in [0.25, 0.3) is 0 Å². The molecule has 2 N–H and O–H groups in total. The van der Waals surface area contributed by atoms with Crippen molar-refractivity contribution in [2.75, 3.05) is 13.2 Å². The largest absolute Gasteiger partial charge is 0.490 e. The molecule has 0 saturated carbocycles. The van der Waals surface area contributed by atoms with E-state index < -0.39 is 0 Å². The van der Waals surface area contributed by atoms with Gasteiger partial charge in [0.05, 0.1) is 13.2 Å². The van der Waals surface area contributed by atoms with Crippen molar-refractivity contribution in [1.29, 1.82) is 0 Å². The molecule has 19 heavy (non-hydrogen) atoms. The Hall–Kier alpha value is -0.770. The Bertz CT molecular complexity index is 405. The smallest absolute Gasteiger partial charge is 0.124 e. The summed E-state index contributed by atoms with van der Waals surface area (Å²) >= 11 is 6.29. The molecule has 4 heteroatoms. The van der Waals surface area contributed by atoms with Gasteiger partial charge in [0.2, 0.25) is 0 Å². The molecule has 1 heterocycles. The summed E-state index contributed by atoms with van der Waals surface area (Å²) in [5, 5.41) is 0.744. The molecular weight excluding hydrogens is 262 g/mol. The minimum atomic E-state index is 0.122. The van der Waals surface area contributed by atoms with Crippen molar-refractivity contribution in [3.8, 4) is 5.75 Å². The second-order valence-corrected chi connectivity index (χ2v) is 5.43. The van der Waals surface area contributed by atoms with Crippen molar-refractivity contribution >= 4 is 11.6 Å². The van der Waals surface area contributed by atoms with E-state index >= 15 is 0 Å². The van der Waals surface area contributed by atoms with Crippen LogP contribution in [0.15, 0.2) is 18.2 Å². The predicted molar refractivity (Wildman–Crippen MR) is 77.9 cm³/mol. The van der Waals surface area contributed by atoms with E-state index in [1.807, 2.05) is 18.2 Å². The van der Waals surface area contributed by atoms with Gasteiger partial charge in [-0.15, -0.1) is 0 Å². The first-order chi connectivity index (χ1) is 9.20. The number of nitrogens with two attached hydrogens (primary N) is 1. The first-order valence-corrected chi connectivity index (χ1v) is 7.36. The molecule has 0 aliphatic carbocycles. The second-order valence-electron chi connectivity index (χ2n) is 5.02. The van der Waals surface area contributed by atoms with Gasteiger partial charge in [-0.05, 0) is 25.0 Å². The van der Waals surface area contributed by atoms with Crippen molar-refractivity contribution in [3.63, 3.8) is 0 Å². The standard InChI is InChI=1S/C15H22ClNO2/c1-2-11(17)10-13-14(16)4-3-5-15(13)19-12-6-8-18-9-7-12/h3-5,11-12H,2,6-10,17H2,1H3. The lowest BCUT2D eigenvalue weighted by Gasteiger charge is -2.25. The zero-order chi connectivity index (χ0) is 13.7. The molecule has 1 aliphatic rings. The highest BCUT2D eigenvalue weighted by molar-refractivity contribution is 6.31. The minimum absolute atomic E-state index is 0.122. The monoisotopic (exact) mass is 283 g/mol. The van der Waals surface area contributed by atoms with E-state index in [9.17, 15) is 0 Å². The highest BCUT2D eigenvalue weighted by atomic mass is 35.5. The molecule has 106 valence electrons. The molecular formula is C15H22ClNO2. The molecule has 2 rings (SSSR count). The molecule has 1 aromatic rings. The van der Waals surface area contributed by atoms with Gasteiger partial charge in [0.15, 0.2) is 0 Å². The van der Waals surface area contributed by atoms with E-state index in [0.29, 0.717) is 0 Å². The first-order valence-electron chi connectivity index (χ1n) is 6.98. The van der Waals surface area contributed by atoms with E-state index in [2.05, 4.69) is 6.92 Å². The van der Waals surface area contributed by atoms with Crippen molar-refractivity contribution in [1.82, 2.24) is 0 Å². The molecule has 0 amide bonds. The van der Waals surface area contributed by atoms with Crippen LogP contribution in [0.4, 0.5) is 0 Å². The first kappa shape index (κ1) is 14.6. The lowest BCUT2D eigenvalue weighted by atomic mass is 10.0. The summed E-state index contributed by atoms with van der Waals surface area (Å²) < 4.78 is 11.4. The number of halogens is 1. The molecule has 1 unspecified atom stereocenters. The molecule has 0 bridgehead atoms. The number of hydrogen-bond acceptors (Lipinski definition) is 3. The van der Waals surface area contributed by atoms with Crippen LogP contribution in [0.5, 0.6) is 5.75 Å². The van der Waals surface area contributed by atoms with Crippen LogP contribution in [-0.2, 0) is 11.2 Å². The maximum Gasteiger partial charge on any atom is 0.124 e. The third-order valence-electron chi connectivity index (χ3n) is 3.53. The van der Waals surface area contributed by atoms with Gasteiger partial charge in [-0.3, -0.25) is 0 Å². The summed E-state index contributed by atoms with van der Waals surface area (Å²) in [4.78, 5) is 0. The van der Waals surface area contributed by atoms with Gasteiger partial charge < -0.3 is 15.2 Å². The topological polar surface area (TPSA) is 44.5 Å². The van der Waals surface area contributed by atoms with Crippen molar-refractivity contribution in [2.24, 2.45) is 5.73 Å². The highest BCUT2D eigenvalue weighted by Gasteiger charge is 2.18. The van der Waals surface area contributed by atoms with Gasteiger partial charge in [0, 0.05) is 29.5 Å². The molecule has 1 aromatic carbocycles. The molecule has 1 fully saturated rings. The third-order valence-corrected chi connectivity index (χ3v) is 3.88. The zero-order valence-corrected chi connectivity index (χ0v) is 12.2. The van der Waals surface area contributed by atoms with Crippen LogP contribution in [0, 0.1) is 0 Å². The van der Waals surface area contributed by atoms with Crippen molar-refractivity contribution < 1.29 is 9.47 Å². The van der Waals surface area contributed by atoms with Crippen LogP contribution in [0.25, 0.3) is 0 Å². The summed E-state index contributed by atoms with van der Waals surface area (Å²) in [7, 11) is 0. The Morgan fingerprint density at radius 2 is 2.16 bits per heavy atom. The van der Waals surface area contributed by atoms with Crippen LogP contribution < -0.4 is 10.5 Å². The van der Waals surface area contributed by atoms with E-state index in [-0.39, 0.29) is 12.1 Å². The zero-order valence-electron chi connectivity index (χ0n) is 11.4. The Labute approximate surface area is 120 Å². The summed E-state index contributed by atoms with van der Waals surface area (Å²) in [5.41, 5.74) is 7.07. The number of hydrogen-bond donors (Lipinski definition) is 1.